The lowest BCUT2D eigenvalue weighted by Crippen LogP contribution is -2.32. The van der Waals surface area contributed by atoms with E-state index in [1.165, 1.54) is 17.6 Å². The van der Waals surface area contributed by atoms with Gasteiger partial charge in [0.15, 0.2) is 0 Å². The number of benzene rings is 3. The molecule has 1 N–H and O–H groups in total. The molecule has 0 radical (unpaired) electrons. The topological polar surface area (TPSA) is 85.3 Å². The number of Topliss-reactive ketones (excluding diaryl/α,β-unsaturated/α-hetero) is 1. The van der Waals surface area contributed by atoms with E-state index in [1.807, 2.05) is 76.2 Å². The number of carbonyl (C=O) groups excluding carboxylic acids is 2. The molecular weight excluding hydrogens is 494 g/mol. The van der Waals surface area contributed by atoms with Gasteiger partial charge in [-0.25, -0.2) is 0 Å². The molecule has 1 fully saturated rings. The fourth-order valence-corrected chi connectivity index (χ4v) is 4.61. The van der Waals surface area contributed by atoms with Crippen LogP contribution in [0.2, 0.25) is 0 Å². The maximum atomic E-state index is 13.3. The SMILES string of the molecule is COCCN1C(=O)C(=O)/C(=C(/O)c2ccc(OC(C)C)c(C)c2)C1c1cccc(OCc2ccc(C)cc2)c1. The second-order valence-corrected chi connectivity index (χ2v) is 9.98. The lowest BCUT2D eigenvalue weighted by molar-refractivity contribution is -0.140. The van der Waals surface area contributed by atoms with Crippen molar-refractivity contribution in [3.63, 3.8) is 0 Å². The fourth-order valence-electron chi connectivity index (χ4n) is 4.61. The van der Waals surface area contributed by atoms with Crippen molar-refractivity contribution >= 4 is 17.4 Å². The average Bonchev–Trinajstić information content (AvgIpc) is 3.17. The number of amides is 1. The number of ether oxygens (including phenoxy) is 3. The summed E-state index contributed by atoms with van der Waals surface area (Å²) >= 11 is 0. The van der Waals surface area contributed by atoms with Crippen LogP contribution >= 0.6 is 0 Å². The second kappa shape index (κ2) is 12.2. The normalized spacial score (nSPS) is 16.7. The number of nitrogens with zero attached hydrogens (tertiary/aromatic N) is 1. The highest BCUT2D eigenvalue weighted by Gasteiger charge is 2.46. The molecule has 7 nitrogen and oxygen atoms in total. The van der Waals surface area contributed by atoms with Crippen LogP contribution in [0.4, 0.5) is 0 Å². The molecule has 1 aliphatic rings. The number of aryl methyl sites for hydroxylation is 2. The molecule has 0 saturated carbocycles. The first-order valence-corrected chi connectivity index (χ1v) is 13.0. The van der Waals surface area contributed by atoms with Gasteiger partial charge in [0.1, 0.15) is 23.9 Å². The van der Waals surface area contributed by atoms with E-state index in [1.54, 1.807) is 18.2 Å². The van der Waals surface area contributed by atoms with Crippen LogP contribution in [-0.2, 0) is 20.9 Å². The fraction of sp³-hybridized carbons (Fsp3) is 0.312. The molecule has 1 aliphatic heterocycles. The van der Waals surface area contributed by atoms with E-state index in [-0.39, 0.29) is 30.6 Å². The minimum Gasteiger partial charge on any atom is -0.507 e. The zero-order chi connectivity index (χ0) is 28.1. The first-order chi connectivity index (χ1) is 18.7. The molecule has 0 aliphatic carbocycles. The number of rotatable bonds is 10. The van der Waals surface area contributed by atoms with E-state index >= 15 is 0 Å². The standard InChI is InChI=1S/C32H35NO6/c1-20(2)39-27-14-13-25(17-22(27)4)30(34)28-29(33(15-16-37-5)32(36)31(28)35)24-7-6-8-26(18-24)38-19-23-11-9-21(3)10-12-23/h6-14,17-18,20,29,34H,15-16,19H2,1-5H3/b30-28+. The summed E-state index contributed by atoms with van der Waals surface area (Å²) in [6.07, 6.45) is -0.00485. The van der Waals surface area contributed by atoms with Gasteiger partial charge in [0.05, 0.1) is 24.3 Å². The van der Waals surface area contributed by atoms with Crippen LogP contribution in [0, 0.1) is 13.8 Å². The Bertz CT molecular complexity index is 1380. The molecule has 1 unspecified atom stereocenters. The second-order valence-electron chi connectivity index (χ2n) is 9.98. The summed E-state index contributed by atoms with van der Waals surface area (Å²) in [7, 11) is 1.54. The van der Waals surface area contributed by atoms with Crippen molar-refractivity contribution in [2.24, 2.45) is 0 Å². The van der Waals surface area contributed by atoms with Gasteiger partial charge in [-0.3, -0.25) is 9.59 Å². The van der Waals surface area contributed by atoms with Gasteiger partial charge in [0.2, 0.25) is 0 Å². The van der Waals surface area contributed by atoms with E-state index in [2.05, 4.69) is 0 Å². The van der Waals surface area contributed by atoms with E-state index in [9.17, 15) is 14.7 Å². The van der Waals surface area contributed by atoms with Gasteiger partial charge < -0.3 is 24.2 Å². The number of aliphatic hydroxyl groups is 1. The Hall–Kier alpha value is -4.10. The van der Waals surface area contributed by atoms with E-state index in [4.69, 9.17) is 14.2 Å². The van der Waals surface area contributed by atoms with Crippen molar-refractivity contribution in [3.05, 3.63) is 100 Å². The van der Waals surface area contributed by atoms with E-state index in [0.717, 1.165) is 11.1 Å². The molecule has 0 aromatic heterocycles. The lowest BCUT2D eigenvalue weighted by atomic mass is 9.94. The molecule has 1 atom stereocenters. The first kappa shape index (κ1) is 27.9. The summed E-state index contributed by atoms with van der Waals surface area (Å²) in [5.41, 5.74) is 4.13. The van der Waals surface area contributed by atoms with Crippen LogP contribution in [0.1, 0.15) is 47.7 Å². The minimum absolute atomic E-state index is 0.00485. The average molecular weight is 530 g/mol. The maximum absolute atomic E-state index is 13.3. The summed E-state index contributed by atoms with van der Waals surface area (Å²) in [6, 6.07) is 19.8. The summed E-state index contributed by atoms with van der Waals surface area (Å²) in [6.45, 7) is 8.59. The molecule has 3 aromatic rings. The molecule has 7 heteroatoms. The van der Waals surface area contributed by atoms with Crippen molar-refractivity contribution in [2.75, 3.05) is 20.3 Å². The molecule has 1 amide bonds. The highest BCUT2D eigenvalue weighted by atomic mass is 16.5. The predicted octanol–water partition coefficient (Wildman–Crippen LogP) is 5.74. The molecule has 3 aromatic carbocycles. The first-order valence-electron chi connectivity index (χ1n) is 13.0. The summed E-state index contributed by atoms with van der Waals surface area (Å²) in [5.74, 6) is -0.363. The predicted molar refractivity (Wildman–Crippen MR) is 150 cm³/mol. The maximum Gasteiger partial charge on any atom is 0.295 e. The zero-order valence-corrected chi connectivity index (χ0v) is 23.1. The van der Waals surface area contributed by atoms with Crippen LogP contribution in [0.25, 0.3) is 5.76 Å². The van der Waals surface area contributed by atoms with E-state index < -0.39 is 17.7 Å². The van der Waals surface area contributed by atoms with Crippen molar-refractivity contribution in [2.45, 2.75) is 46.4 Å². The Balaban J connectivity index is 1.72. The van der Waals surface area contributed by atoms with Gasteiger partial charge in [-0.2, -0.15) is 0 Å². The Morgan fingerprint density at radius 2 is 1.74 bits per heavy atom. The van der Waals surface area contributed by atoms with Crippen LogP contribution in [0.15, 0.2) is 72.3 Å². The number of aliphatic hydroxyl groups excluding tert-OH is 1. The summed E-state index contributed by atoms with van der Waals surface area (Å²) in [5, 5.41) is 11.4. The van der Waals surface area contributed by atoms with E-state index in [0.29, 0.717) is 29.2 Å². The van der Waals surface area contributed by atoms with Crippen LogP contribution < -0.4 is 9.47 Å². The Morgan fingerprint density at radius 1 is 1.00 bits per heavy atom. The number of hydrogen-bond acceptors (Lipinski definition) is 6. The Kier molecular flexibility index (Phi) is 8.72. The van der Waals surface area contributed by atoms with Gasteiger partial charge in [0, 0.05) is 19.2 Å². The Labute approximate surface area is 229 Å². The lowest BCUT2D eigenvalue weighted by Gasteiger charge is -2.25. The number of likely N-dealkylation sites (tertiary alicyclic amines) is 1. The Morgan fingerprint density at radius 3 is 2.41 bits per heavy atom. The van der Waals surface area contributed by atoms with Crippen LogP contribution in [0.3, 0.4) is 0 Å². The van der Waals surface area contributed by atoms with Crippen molar-refractivity contribution in [1.82, 2.24) is 4.90 Å². The summed E-state index contributed by atoms with van der Waals surface area (Å²) < 4.78 is 17.1. The molecule has 4 rings (SSSR count). The number of ketones is 1. The number of carbonyl (C=O) groups is 2. The van der Waals surface area contributed by atoms with Crippen molar-refractivity contribution in [3.8, 4) is 11.5 Å². The van der Waals surface area contributed by atoms with Gasteiger partial charge in [-0.1, -0.05) is 42.0 Å². The highest BCUT2D eigenvalue weighted by Crippen LogP contribution is 2.40. The summed E-state index contributed by atoms with van der Waals surface area (Å²) in [4.78, 5) is 27.9. The molecule has 1 saturated heterocycles. The van der Waals surface area contributed by atoms with Gasteiger partial charge in [-0.05, 0) is 74.7 Å². The van der Waals surface area contributed by atoms with Crippen molar-refractivity contribution < 1.29 is 28.9 Å². The van der Waals surface area contributed by atoms with Gasteiger partial charge in [0.25, 0.3) is 11.7 Å². The van der Waals surface area contributed by atoms with Crippen LogP contribution in [-0.4, -0.2) is 48.1 Å². The monoisotopic (exact) mass is 529 g/mol. The molecular formula is C32H35NO6. The molecule has 0 spiro atoms. The molecule has 0 bridgehead atoms. The third kappa shape index (κ3) is 6.32. The molecule has 1 heterocycles. The third-order valence-electron chi connectivity index (χ3n) is 6.59. The van der Waals surface area contributed by atoms with Crippen LogP contribution in [0.5, 0.6) is 11.5 Å². The van der Waals surface area contributed by atoms with Crippen molar-refractivity contribution in [1.29, 1.82) is 0 Å². The smallest absolute Gasteiger partial charge is 0.295 e. The largest absolute Gasteiger partial charge is 0.507 e. The number of methoxy groups -OCH3 is 1. The van der Waals surface area contributed by atoms with Gasteiger partial charge in [-0.15, -0.1) is 0 Å². The zero-order valence-electron chi connectivity index (χ0n) is 23.1. The highest BCUT2D eigenvalue weighted by molar-refractivity contribution is 6.46. The molecule has 39 heavy (non-hydrogen) atoms. The minimum atomic E-state index is -0.796. The third-order valence-corrected chi connectivity index (χ3v) is 6.59. The van der Waals surface area contributed by atoms with Gasteiger partial charge >= 0.3 is 0 Å². The quantitative estimate of drug-likeness (QED) is 0.205. The number of hydrogen-bond donors (Lipinski definition) is 1. The molecule has 204 valence electrons.